The van der Waals surface area contributed by atoms with E-state index in [-0.39, 0.29) is 5.91 Å². The maximum absolute atomic E-state index is 13.6. The maximum atomic E-state index is 13.6. The monoisotopic (exact) mass is 492 g/mol. The Morgan fingerprint density at radius 2 is 2.03 bits per heavy atom. The van der Waals surface area contributed by atoms with Gasteiger partial charge in [0, 0.05) is 25.2 Å². The quantitative estimate of drug-likeness (QED) is 0.414. The number of piperidine rings is 1. The van der Waals surface area contributed by atoms with Gasteiger partial charge in [0.05, 0.1) is 15.7 Å². The number of nitrogens with zero attached hydrogens (tertiary/aromatic N) is 1. The summed E-state index contributed by atoms with van der Waals surface area (Å²) in [4.78, 5) is 16.4. The fourth-order valence-electron chi connectivity index (χ4n) is 5.16. The fourth-order valence-corrected chi connectivity index (χ4v) is 7.24. The van der Waals surface area contributed by atoms with Gasteiger partial charge in [-0.3, -0.25) is 4.79 Å². The molecule has 2 aromatic carbocycles. The van der Waals surface area contributed by atoms with Gasteiger partial charge in [-0.2, -0.15) is 0 Å². The Morgan fingerprint density at radius 1 is 1.26 bits per heavy atom. The van der Waals surface area contributed by atoms with Gasteiger partial charge >= 0.3 is 7.12 Å². The molecule has 3 heterocycles. The molecule has 5 rings (SSSR count). The molecule has 3 N–H and O–H groups in total. The molecule has 176 valence electrons. The molecular weight excluding hydrogens is 463 g/mol. The molecule has 2 aliphatic rings. The summed E-state index contributed by atoms with van der Waals surface area (Å²) in [6.07, 6.45) is 3.99. The second kappa shape index (κ2) is 9.87. The number of carbonyl (C=O) groups excluding carboxylic acids is 1. The number of benzene rings is 2. The number of carbonyl (C=O) groups is 1. The molecule has 34 heavy (non-hydrogen) atoms. The van der Waals surface area contributed by atoms with Crippen LogP contribution in [0, 0.1) is 6.92 Å². The van der Waals surface area contributed by atoms with Crippen molar-refractivity contribution in [2.45, 2.75) is 43.0 Å². The summed E-state index contributed by atoms with van der Waals surface area (Å²) >= 11 is 3.26. The second-order valence-electron chi connectivity index (χ2n) is 8.98. The smallest absolute Gasteiger partial charge is 0.423 e. The Kier molecular flexibility index (Phi) is 6.87. The molecule has 1 amide bonds. The minimum absolute atomic E-state index is 0.127. The zero-order valence-corrected chi connectivity index (χ0v) is 21.2. The highest BCUT2D eigenvalue weighted by Gasteiger charge is 2.33. The first-order valence-corrected chi connectivity index (χ1v) is 13.7. The molecule has 1 fully saturated rings. The van der Waals surface area contributed by atoms with Crippen LogP contribution in [0.15, 0.2) is 46.7 Å². The molecule has 0 atom stereocenters. The summed E-state index contributed by atoms with van der Waals surface area (Å²) in [6.45, 7) is 4.52. The van der Waals surface area contributed by atoms with Crippen molar-refractivity contribution in [3.63, 3.8) is 0 Å². The van der Waals surface area contributed by atoms with Crippen LogP contribution in [0.3, 0.4) is 0 Å². The highest BCUT2D eigenvalue weighted by atomic mass is 32.2. The molecule has 0 saturated carbocycles. The molecule has 0 bridgehead atoms. The molecule has 0 aliphatic carbocycles. The summed E-state index contributed by atoms with van der Waals surface area (Å²) in [6, 6.07) is 14.5. The number of nitrogens with two attached hydrogens (primary N) is 1. The van der Waals surface area contributed by atoms with Crippen LogP contribution in [0.4, 0.5) is 0 Å². The Hall–Kier alpha value is -2.10. The number of hydrogen-bond acceptors (Lipinski definition) is 6. The first-order valence-electron chi connectivity index (χ1n) is 11.7. The van der Waals surface area contributed by atoms with Gasteiger partial charge in [0.25, 0.3) is 5.91 Å². The van der Waals surface area contributed by atoms with Crippen LogP contribution in [0.25, 0.3) is 11.1 Å². The van der Waals surface area contributed by atoms with Crippen LogP contribution in [0.2, 0.25) is 0 Å². The van der Waals surface area contributed by atoms with Gasteiger partial charge < -0.3 is 20.3 Å². The minimum atomic E-state index is -0.875. The molecule has 8 heteroatoms. The molecule has 0 unspecified atom stereocenters. The second-order valence-corrected chi connectivity index (χ2v) is 11.1. The Morgan fingerprint density at radius 3 is 2.76 bits per heavy atom. The number of likely N-dealkylation sites (tertiary alicyclic amines) is 1. The highest BCUT2D eigenvalue weighted by molar-refractivity contribution is 8.00. The standard InChI is InChI=1S/C26H29BN2O3S2/c1-16-23(20-7-4-8-22-21(20)15-32-27(22)31)26(33-2)34-24(16)25(30)29-11-9-18(10-12-29)19-6-3-5-17(13-19)14-28/h3-8,13,18,31H,9-12,14-15,28H2,1-2H3. The molecule has 0 spiro atoms. The first-order chi connectivity index (χ1) is 16.5. The SMILES string of the molecule is CSc1sc(C(=O)N2CCC(c3cccc(CN)c3)CC2)c(C)c1-c1cccc2c1COB2O. The van der Waals surface area contributed by atoms with Crippen molar-refractivity contribution in [1.29, 1.82) is 0 Å². The third kappa shape index (κ3) is 4.22. The Balaban J connectivity index is 1.38. The van der Waals surface area contributed by atoms with Crippen LogP contribution in [-0.4, -0.2) is 42.3 Å². The topological polar surface area (TPSA) is 75.8 Å². The summed E-state index contributed by atoms with van der Waals surface area (Å²) in [5, 5.41) is 10.2. The first kappa shape index (κ1) is 23.6. The van der Waals surface area contributed by atoms with Crippen molar-refractivity contribution in [3.05, 3.63) is 69.6 Å². The molecular formula is C26H29BN2O3S2. The van der Waals surface area contributed by atoms with Crippen molar-refractivity contribution >= 4 is 41.6 Å². The summed E-state index contributed by atoms with van der Waals surface area (Å²) in [7, 11) is -0.875. The lowest BCUT2D eigenvalue weighted by atomic mass is 9.77. The third-order valence-electron chi connectivity index (χ3n) is 7.07. The van der Waals surface area contributed by atoms with E-state index in [4.69, 9.17) is 10.4 Å². The van der Waals surface area contributed by atoms with Crippen LogP contribution in [-0.2, 0) is 17.8 Å². The predicted molar refractivity (Wildman–Crippen MR) is 141 cm³/mol. The number of amides is 1. The summed E-state index contributed by atoms with van der Waals surface area (Å²) in [5.41, 5.74) is 13.3. The van der Waals surface area contributed by atoms with Gasteiger partial charge in [-0.25, -0.2) is 0 Å². The lowest BCUT2D eigenvalue weighted by Gasteiger charge is -2.32. The van der Waals surface area contributed by atoms with Gasteiger partial charge in [0.2, 0.25) is 0 Å². The van der Waals surface area contributed by atoms with Crippen molar-refractivity contribution in [2.75, 3.05) is 19.3 Å². The van der Waals surface area contributed by atoms with Crippen molar-refractivity contribution < 1.29 is 14.5 Å². The lowest BCUT2D eigenvalue weighted by Crippen LogP contribution is -2.37. The number of fused-ring (bicyclic) bond motifs is 1. The fraction of sp³-hybridized carbons (Fsp3) is 0.346. The van der Waals surface area contributed by atoms with E-state index in [0.717, 1.165) is 68.3 Å². The van der Waals surface area contributed by atoms with Crippen LogP contribution in [0.5, 0.6) is 0 Å². The average Bonchev–Trinajstić information content (AvgIpc) is 3.43. The number of rotatable bonds is 5. The normalized spacial score (nSPS) is 16.2. The summed E-state index contributed by atoms with van der Waals surface area (Å²) < 4.78 is 6.61. The van der Waals surface area contributed by atoms with Crippen LogP contribution in [0.1, 0.15) is 50.7 Å². The number of thioether (sulfide) groups is 1. The maximum Gasteiger partial charge on any atom is 0.491 e. The van der Waals surface area contributed by atoms with Crippen LogP contribution < -0.4 is 11.2 Å². The van der Waals surface area contributed by atoms with E-state index >= 15 is 0 Å². The van der Waals surface area contributed by atoms with E-state index < -0.39 is 7.12 Å². The minimum Gasteiger partial charge on any atom is -0.423 e. The molecule has 0 radical (unpaired) electrons. The summed E-state index contributed by atoms with van der Waals surface area (Å²) in [5.74, 6) is 0.595. The zero-order valence-electron chi connectivity index (χ0n) is 19.5. The average molecular weight is 492 g/mol. The molecule has 3 aromatic rings. The van der Waals surface area contributed by atoms with Crippen molar-refractivity contribution in [3.8, 4) is 11.1 Å². The molecule has 1 saturated heterocycles. The lowest BCUT2D eigenvalue weighted by molar-refractivity contribution is 0.0717. The van der Waals surface area contributed by atoms with Gasteiger partial charge in [0.15, 0.2) is 0 Å². The van der Waals surface area contributed by atoms with E-state index in [1.165, 1.54) is 5.56 Å². The van der Waals surface area contributed by atoms with E-state index in [1.54, 1.807) is 23.1 Å². The van der Waals surface area contributed by atoms with Gasteiger partial charge in [-0.15, -0.1) is 23.1 Å². The van der Waals surface area contributed by atoms with Crippen molar-refractivity contribution in [1.82, 2.24) is 4.90 Å². The number of thiophene rings is 1. The molecule has 5 nitrogen and oxygen atoms in total. The van der Waals surface area contributed by atoms with Crippen LogP contribution >= 0.6 is 23.1 Å². The third-order valence-corrected chi connectivity index (χ3v) is 9.47. The van der Waals surface area contributed by atoms with Gasteiger partial charge in [-0.05, 0) is 65.2 Å². The van der Waals surface area contributed by atoms with Gasteiger partial charge in [0.1, 0.15) is 0 Å². The molecule has 1 aromatic heterocycles. The Labute approximate surface area is 209 Å². The zero-order chi connectivity index (χ0) is 23.8. The van der Waals surface area contributed by atoms with Gasteiger partial charge in [-0.1, -0.05) is 42.5 Å². The Bertz CT molecular complexity index is 1220. The predicted octanol–water partition coefficient (Wildman–Crippen LogP) is 4.14. The molecule has 2 aliphatic heterocycles. The number of hydrogen-bond donors (Lipinski definition) is 2. The van der Waals surface area contributed by atoms with E-state index in [9.17, 15) is 9.82 Å². The highest BCUT2D eigenvalue weighted by Crippen LogP contribution is 2.44. The van der Waals surface area contributed by atoms with E-state index in [0.29, 0.717) is 19.1 Å². The van der Waals surface area contributed by atoms with E-state index in [2.05, 4.69) is 43.5 Å². The van der Waals surface area contributed by atoms with E-state index in [1.807, 2.05) is 17.0 Å². The van der Waals surface area contributed by atoms with Crippen molar-refractivity contribution in [2.24, 2.45) is 5.73 Å². The largest absolute Gasteiger partial charge is 0.491 e.